The van der Waals surface area contributed by atoms with Crippen molar-refractivity contribution in [1.82, 2.24) is 10.6 Å². The summed E-state index contributed by atoms with van der Waals surface area (Å²) in [5, 5.41) is 5.25. The van der Waals surface area contributed by atoms with E-state index in [9.17, 15) is 28.8 Å². The minimum Gasteiger partial charge on any atom is -0.496 e. The smallest absolute Gasteiger partial charge is 0.312 e. The van der Waals surface area contributed by atoms with E-state index >= 15 is 0 Å². The van der Waals surface area contributed by atoms with Crippen molar-refractivity contribution < 1.29 is 43.0 Å². The van der Waals surface area contributed by atoms with Crippen molar-refractivity contribution in [1.29, 1.82) is 0 Å². The first kappa shape index (κ1) is 35.3. The molecule has 46 heavy (non-hydrogen) atoms. The van der Waals surface area contributed by atoms with Gasteiger partial charge < -0.3 is 29.7 Å². The maximum absolute atomic E-state index is 14.1. The third-order valence-electron chi connectivity index (χ3n) is 6.73. The van der Waals surface area contributed by atoms with Gasteiger partial charge in [-0.2, -0.15) is 0 Å². The molecule has 0 fully saturated rings. The van der Waals surface area contributed by atoms with Crippen LogP contribution in [0.1, 0.15) is 62.5 Å². The number of hydrogen-bond donors (Lipinski definition) is 2. The molecule has 0 aromatic heterocycles. The monoisotopic (exact) mass is 636 g/mol. The van der Waals surface area contributed by atoms with Crippen LogP contribution >= 0.6 is 0 Å². The van der Waals surface area contributed by atoms with E-state index in [1.807, 2.05) is 0 Å². The lowest BCUT2D eigenvalue weighted by molar-refractivity contribution is -0.154. The molecule has 2 aromatic rings. The van der Waals surface area contributed by atoms with Gasteiger partial charge in [-0.05, 0) is 70.0 Å². The van der Waals surface area contributed by atoms with E-state index in [2.05, 4.69) is 10.6 Å². The fourth-order valence-corrected chi connectivity index (χ4v) is 4.96. The van der Waals surface area contributed by atoms with Crippen LogP contribution in [-0.4, -0.2) is 67.4 Å². The first-order chi connectivity index (χ1) is 21.5. The van der Waals surface area contributed by atoms with Gasteiger partial charge in [-0.3, -0.25) is 33.7 Å². The lowest BCUT2D eigenvalue weighted by Gasteiger charge is -2.25. The van der Waals surface area contributed by atoms with Crippen molar-refractivity contribution in [2.75, 3.05) is 30.0 Å². The maximum Gasteiger partial charge on any atom is 0.312 e. The quantitative estimate of drug-likeness (QED) is 0.311. The topological polar surface area (TPSA) is 161 Å². The number of methoxy groups -OCH3 is 1. The van der Waals surface area contributed by atoms with Crippen LogP contribution in [0.5, 0.6) is 5.75 Å². The van der Waals surface area contributed by atoms with E-state index in [1.165, 1.54) is 18.9 Å². The average molecular weight is 637 g/mol. The van der Waals surface area contributed by atoms with E-state index in [4.69, 9.17) is 14.2 Å². The van der Waals surface area contributed by atoms with E-state index in [0.717, 1.165) is 29.2 Å². The molecule has 2 aromatic carbocycles. The molecule has 0 bridgehead atoms. The highest BCUT2D eigenvalue weighted by molar-refractivity contribution is 6.10. The molecule has 0 unspecified atom stereocenters. The molecule has 3 rings (SSSR count). The second-order valence-electron chi connectivity index (χ2n) is 11.8. The molecule has 13 nitrogen and oxygen atoms in total. The van der Waals surface area contributed by atoms with Gasteiger partial charge in [0.25, 0.3) is 11.8 Å². The molecular formula is C33H40N4O9. The summed E-state index contributed by atoms with van der Waals surface area (Å²) >= 11 is 0. The second kappa shape index (κ2) is 14.7. The van der Waals surface area contributed by atoms with Crippen molar-refractivity contribution in [3.8, 4) is 5.75 Å². The number of carbonyl (C=O) groups is 6. The summed E-state index contributed by atoms with van der Waals surface area (Å²) in [4.78, 5) is 80.1. The number of esters is 2. The SMILES string of the molecule is COc1c(C)cc(C(=O)N[C@H]2CN(C(C)=O)c3ccccc3N(CC(=O)N/C(=C\OC(C)=O)CC(=O)OC(C)(C)C)C2=O)cc1C. The van der Waals surface area contributed by atoms with Gasteiger partial charge >= 0.3 is 11.9 Å². The van der Waals surface area contributed by atoms with Crippen LogP contribution in [0.25, 0.3) is 0 Å². The summed E-state index contributed by atoms with van der Waals surface area (Å²) in [6.07, 6.45) is 0.500. The number of benzene rings is 2. The van der Waals surface area contributed by atoms with E-state index in [-0.39, 0.29) is 29.4 Å². The van der Waals surface area contributed by atoms with Crippen LogP contribution in [0.2, 0.25) is 0 Å². The molecular weight excluding hydrogens is 596 g/mol. The minimum absolute atomic E-state index is 0.0783. The lowest BCUT2D eigenvalue weighted by atomic mass is 10.0. The Labute approximate surface area is 267 Å². The Hall–Kier alpha value is -5.20. The fraction of sp³-hybridized carbons (Fsp3) is 0.394. The Kier molecular flexibility index (Phi) is 11.3. The standard InChI is InChI=1S/C33H40N4O9/c1-19-13-23(14-20(2)30(19)44-8)31(42)35-25-16-36(21(3)38)26-11-9-10-12-27(26)37(32(25)43)17-28(40)34-24(18-45-22(4)39)15-29(41)46-33(5,6)7/h9-14,18,25H,15-17H2,1-8H3,(H,34,40)(H,35,42)/b24-18-/t25-/m0/s1. The zero-order valence-electron chi connectivity index (χ0n) is 27.3. The van der Waals surface area contributed by atoms with Crippen LogP contribution in [0, 0.1) is 13.8 Å². The zero-order chi connectivity index (χ0) is 34.3. The molecule has 1 atom stereocenters. The van der Waals surface area contributed by atoms with Crippen molar-refractivity contribution in [3.05, 3.63) is 65.0 Å². The number of carbonyl (C=O) groups excluding carboxylic acids is 6. The van der Waals surface area contributed by atoms with Gasteiger partial charge in [0, 0.05) is 19.4 Å². The predicted octanol–water partition coefficient (Wildman–Crippen LogP) is 3.06. The number of rotatable bonds is 9. The van der Waals surface area contributed by atoms with Crippen molar-refractivity contribution in [2.45, 2.75) is 66.5 Å². The van der Waals surface area contributed by atoms with Gasteiger partial charge in [0.1, 0.15) is 30.2 Å². The fourth-order valence-electron chi connectivity index (χ4n) is 4.96. The lowest BCUT2D eigenvalue weighted by Crippen LogP contribution is -2.54. The number of hydrogen-bond acceptors (Lipinski definition) is 9. The number of ether oxygens (including phenoxy) is 3. The van der Waals surface area contributed by atoms with E-state index < -0.39 is 54.3 Å². The summed E-state index contributed by atoms with van der Waals surface area (Å²) in [5.74, 6) is -3.08. The zero-order valence-corrected chi connectivity index (χ0v) is 27.3. The summed E-state index contributed by atoms with van der Waals surface area (Å²) < 4.78 is 15.6. The first-order valence-electron chi connectivity index (χ1n) is 14.5. The molecule has 246 valence electrons. The second-order valence-corrected chi connectivity index (χ2v) is 11.8. The van der Waals surface area contributed by atoms with Gasteiger partial charge in [-0.25, -0.2) is 0 Å². The molecule has 0 saturated heterocycles. The first-order valence-corrected chi connectivity index (χ1v) is 14.5. The number of amides is 4. The molecule has 13 heteroatoms. The number of para-hydroxylation sites is 2. The summed E-state index contributed by atoms with van der Waals surface area (Å²) in [6.45, 7) is 10.3. The molecule has 0 saturated carbocycles. The van der Waals surface area contributed by atoms with Crippen LogP contribution in [0.3, 0.4) is 0 Å². The number of aryl methyl sites for hydroxylation is 2. The van der Waals surface area contributed by atoms with Crippen LogP contribution in [0.4, 0.5) is 11.4 Å². The van der Waals surface area contributed by atoms with Crippen molar-refractivity contribution in [2.24, 2.45) is 0 Å². The van der Waals surface area contributed by atoms with Gasteiger partial charge in [0.15, 0.2) is 0 Å². The largest absolute Gasteiger partial charge is 0.496 e. The minimum atomic E-state index is -1.24. The highest BCUT2D eigenvalue weighted by Gasteiger charge is 2.37. The molecule has 0 radical (unpaired) electrons. The van der Waals surface area contributed by atoms with Crippen molar-refractivity contribution >= 4 is 46.9 Å². The highest BCUT2D eigenvalue weighted by Crippen LogP contribution is 2.33. The molecule has 2 N–H and O–H groups in total. The maximum atomic E-state index is 14.1. The highest BCUT2D eigenvalue weighted by atomic mass is 16.6. The third-order valence-corrected chi connectivity index (χ3v) is 6.73. The molecule has 1 aliphatic heterocycles. The number of anilines is 2. The Balaban J connectivity index is 1.95. The Morgan fingerprint density at radius 2 is 1.61 bits per heavy atom. The number of nitrogens with zero attached hydrogens (tertiary/aromatic N) is 2. The normalized spacial score (nSPS) is 14.9. The molecule has 4 amide bonds. The van der Waals surface area contributed by atoms with Gasteiger partial charge in [0.2, 0.25) is 11.8 Å². The van der Waals surface area contributed by atoms with Gasteiger partial charge in [-0.1, -0.05) is 12.1 Å². The van der Waals surface area contributed by atoms with Crippen molar-refractivity contribution in [3.63, 3.8) is 0 Å². The summed E-state index contributed by atoms with van der Waals surface area (Å²) in [7, 11) is 1.53. The average Bonchev–Trinajstić information content (AvgIpc) is 3.05. The number of fused-ring (bicyclic) bond motifs is 1. The van der Waals surface area contributed by atoms with Gasteiger partial charge in [0.05, 0.1) is 37.1 Å². The van der Waals surface area contributed by atoms with E-state index in [1.54, 1.807) is 71.0 Å². The van der Waals surface area contributed by atoms with Crippen LogP contribution < -0.4 is 25.2 Å². The predicted molar refractivity (Wildman–Crippen MR) is 169 cm³/mol. The van der Waals surface area contributed by atoms with Crippen LogP contribution in [-0.2, 0) is 33.4 Å². The van der Waals surface area contributed by atoms with Gasteiger partial charge in [-0.15, -0.1) is 0 Å². The third kappa shape index (κ3) is 9.16. The molecule has 0 spiro atoms. The Morgan fingerprint density at radius 1 is 1.00 bits per heavy atom. The number of nitrogens with one attached hydrogen (secondary N) is 2. The van der Waals surface area contributed by atoms with Crippen LogP contribution in [0.15, 0.2) is 48.4 Å². The molecule has 1 heterocycles. The molecule has 0 aliphatic carbocycles. The summed E-state index contributed by atoms with van der Waals surface area (Å²) in [6, 6.07) is 8.56. The Bertz CT molecular complexity index is 1550. The Morgan fingerprint density at radius 3 is 2.15 bits per heavy atom. The summed E-state index contributed by atoms with van der Waals surface area (Å²) in [5.41, 5.74) is 1.45. The molecule has 1 aliphatic rings. The van der Waals surface area contributed by atoms with E-state index in [0.29, 0.717) is 11.4 Å².